The number of hydrogen-bond donors (Lipinski definition) is 1. The van der Waals surface area contributed by atoms with E-state index in [1.807, 2.05) is 66.9 Å². The summed E-state index contributed by atoms with van der Waals surface area (Å²) in [5.41, 5.74) is 8.81. The van der Waals surface area contributed by atoms with Crippen LogP contribution in [0.2, 0.25) is 0 Å². The molecule has 5 aromatic rings. The first kappa shape index (κ1) is 26.4. The monoisotopic (exact) mass is 544 g/mol. The SMILES string of the molecule is Cc1ccccc1Cn1cc(C[C@@H](C(=O)O)N(C)C(=O)OCC2c3ccccc3-c3ccccc32)c2ccccc21. The number of ether oxygens (including phenoxy) is 1. The van der Waals surface area contributed by atoms with Crippen molar-refractivity contribution in [3.8, 4) is 11.1 Å². The zero-order valence-corrected chi connectivity index (χ0v) is 23.2. The molecule has 0 saturated heterocycles. The molecule has 206 valence electrons. The lowest BCUT2D eigenvalue weighted by molar-refractivity contribution is -0.142. The second-order valence-electron chi connectivity index (χ2n) is 10.7. The van der Waals surface area contributed by atoms with Crippen LogP contribution in [0.4, 0.5) is 4.79 Å². The predicted octanol–water partition coefficient (Wildman–Crippen LogP) is 6.87. The molecule has 1 aliphatic rings. The number of rotatable bonds is 8. The van der Waals surface area contributed by atoms with Crippen molar-refractivity contribution in [3.63, 3.8) is 0 Å². The summed E-state index contributed by atoms with van der Waals surface area (Å²) in [4.78, 5) is 26.9. The Morgan fingerprint density at radius 1 is 0.854 bits per heavy atom. The maximum Gasteiger partial charge on any atom is 0.410 e. The predicted molar refractivity (Wildman–Crippen MR) is 160 cm³/mol. The Morgan fingerprint density at radius 3 is 2.15 bits per heavy atom. The van der Waals surface area contributed by atoms with E-state index in [9.17, 15) is 14.7 Å². The van der Waals surface area contributed by atoms with Crippen molar-refractivity contribution in [1.82, 2.24) is 9.47 Å². The highest BCUT2D eigenvalue weighted by Crippen LogP contribution is 2.44. The van der Waals surface area contributed by atoms with Crippen LogP contribution in [0.15, 0.2) is 103 Å². The summed E-state index contributed by atoms with van der Waals surface area (Å²) in [7, 11) is 1.50. The molecule has 1 atom stereocenters. The Bertz CT molecular complexity index is 1710. The lowest BCUT2D eigenvalue weighted by Crippen LogP contribution is -2.44. The molecule has 1 aromatic heterocycles. The number of aliphatic carboxylic acids is 1. The summed E-state index contributed by atoms with van der Waals surface area (Å²) in [5, 5.41) is 11.2. The van der Waals surface area contributed by atoms with E-state index < -0.39 is 18.1 Å². The molecule has 4 aromatic carbocycles. The number of benzene rings is 4. The second-order valence-corrected chi connectivity index (χ2v) is 10.7. The van der Waals surface area contributed by atoms with Gasteiger partial charge in [0.05, 0.1) is 0 Å². The molecule has 0 aliphatic heterocycles. The number of aryl methyl sites for hydroxylation is 1. The van der Waals surface area contributed by atoms with Gasteiger partial charge in [0.1, 0.15) is 12.6 Å². The highest BCUT2D eigenvalue weighted by Gasteiger charge is 2.32. The molecule has 41 heavy (non-hydrogen) atoms. The van der Waals surface area contributed by atoms with Crippen molar-refractivity contribution in [2.75, 3.05) is 13.7 Å². The number of likely N-dealkylation sites (N-methyl/N-ethyl adjacent to an activating group) is 1. The van der Waals surface area contributed by atoms with Gasteiger partial charge in [-0.3, -0.25) is 4.90 Å². The molecule has 6 nitrogen and oxygen atoms in total. The number of carboxylic acid groups (broad SMARTS) is 1. The van der Waals surface area contributed by atoms with Crippen LogP contribution in [0, 0.1) is 6.92 Å². The molecule has 6 rings (SSSR count). The minimum atomic E-state index is -1.08. The first-order valence-corrected chi connectivity index (χ1v) is 13.8. The zero-order valence-electron chi connectivity index (χ0n) is 23.2. The smallest absolute Gasteiger partial charge is 0.410 e. The van der Waals surface area contributed by atoms with Gasteiger partial charge in [-0.05, 0) is 51.9 Å². The fourth-order valence-electron chi connectivity index (χ4n) is 6.01. The van der Waals surface area contributed by atoms with Gasteiger partial charge in [-0.15, -0.1) is 0 Å². The summed E-state index contributed by atoms with van der Waals surface area (Å²) in [6.45, 7) is 2.90. The third-order valence-corrected chi connectivity index (χ3v) is 8.26. The molecule has 0 spiro atoms. The van der Waals surface area contributed by atoms with E-state index >= 15 is 0 Å². The lowest BCUT2D eigenvalue weighted by Gasteiger charge is -2.25. The summed E-state index contributed by atoms with van der Waals surface area (Å²) in [5.74, 6) is -1.17. The largest absolute Gasteiger partial charge is 0.480 e. The van der Waals surface area contributed by atoms with Crippen LogP contribution < -0.4 is 0 Å². The third kappa shape index (κ3) is 4.97. The van der Waals surface area contributed by atoms with Gasteiger partial charge in [0.15, 0.2) is 0 Å². The number of carbonyl (C=O) groups excluding carboxylic acids is 1. The number of carboxylic acids is 1. The number of fused-ring (bicyclic) bond motifs is 4. The van der Waals surface area contributed by atoms with Crippen molar-refractivity contribution in [3.05, 3.63) is 131 Å². The number of hydrogen-bond acceptors (Lipinski definition) is 3. The summed E-state index contributed by atoms with van der Waals surface area (Å²) < 4.78 is 7.93. The topological polar surface area (TPSA) is 71.8 Å². The van der Waals surface area contributed by atoms with Crippen molar-refractivity contribution in [2.24, 2.45) is 0 Å². The summed E-state index contributed by atoms with van der Waals surface area (Å²) in [6, 6.07) is 31.4. The van der Waals surface area contributed by atoms with E-state index in [0.29, 0.717) is 6.54 Å². The van der Waals surface area contributed by atoms with E-state index in [1.54, 1.807) is 0 Å². The van der Waals surface area contributed by atoms with Gasteiger partial charge >= 0.3 is 12.1 Å². The first-order chi connectivity index (χ1) is 19.9. The van der Waals surface area contributed by atoms with E-state index in [2.05, 4.69) is 47.9 Å². The zero-order chi connectivity index (χ0) is 28.5. The van der Waals surface area contributed by atoms with E-state index in [-0.39, 0.29) is 18.9 Å². The Kier molecular flexibility index (Phi) is 7.06. The van der Waals surface area contributed by atoms with Crippen molar-refractivity contribution in [2.45, 2.75) is 31.8 Å². The van der Waals surface area contributed by atoms with E-state index in [0.717, 1.165) is 38.7 Å². The van der Waals surface area contributed by atoms with Crippen LogP contribution in [0.25, 0.3) is 22.0 Å². The fourth-order valence-corrected chi connectivity index (χ4v) is 6.01. The van der Waals surface area contributed by atoms with Crippen molar-refractivity contribution >= 4 is 23.0 Å². The molecule has 0 saturated carbocycles. The van der Waals surface area contributed by atoms with Crippen molar-refractivity contribution < 1.29 is 19.4 Å². The van der Waals surface area contributed by atoms with E-state index in [1.165, 1.54) is 23.1 Å². The molecule has 0 fully saturated rings. The van der Waals surface area contributed by atoms with Crippen LogP contribution in [0.5, 0.6) is 0 Å². The van der Waals surface area contributed by atoms with Gasteiger partial charge in [-0.1, -0.05) is 91.0 Å². The number of nitrogens with zero attached hydrogens (tertiary/aromatic N) is 2. The average molecular weight is 545 g/mol. The maximum atomic E-state index is 13.2. The van der Waals surface area contributed by atoms with Gasteiger partial charge in [-0.25, -0.2) is 9.59 Å². The fraction of sp³-hybridized carbons (Fsp3) is 0.200. The van der Waals surface area contributed by atoms with Crippen molar-refractivity contribution in [1.29, 1.82) is 0 Å². The normalized spacial score (nSPS) is 13.0. The van der Waals surface area contributed by atoms with E-state index in [4.69, 9.17) is 4.74 Å². The molecular weight excluding hydrogens is 512 g/mol. The lowest BCUT2D eigenvalue weighted by atomic mass is 9.98. The molecular formula is C35H32N2O4. The van der Waals surface area contributed by atoms with Crippen LogP contribution in [-0.4, -0.2) is 46.3 Å². The van der Waals surface area contributed by atoms with Crippen LogP contribution in [0.3, 0.4) is 0 Å². The minimum absolute atomic E-state index is 0.0950. The summed E-state index contributed by atoms with van der Waals surface area (Å²) >= 11 is 0. The Labute approximate surface area is 239 Å². The van der Waals surface area contributed by atoms with Crippen LogP contribution in [-0.2, 0) is 22.5 Å². The highest BCUT2D eigenvalue weighted by atomic mass is 16.6. The number of carbonyl (C=O) groups is 2. The van der Waals surface area contributed by atoms with Gasteiger partial charge in [0.25, 0.3) is 0 Å². The Hall–Kier alpha value is -4.84. The molecule has 1 aliphatic carbocycles. The molecule has 6 heteroatoms. The Balaban J connectivity index is 1.21. The maximum absolute atomic E-state index is 13.2. The quantitative estimate of drug-likeness (QED) is 0.231. The van der Waals surface area contributed by atoms with Gasteiger partial charge < -0.3 is 14.4 Å². The van der Waals surface area contributed by atoms with Gasteiger partial charge in [0.2, 0.25) is 0 Å². The van der Waals surface area contributed by atoms with Gasteiger partial charge in [0, 0.05) is 43.0 Å². The third-order valence-electron chi connectivity index (χ3n) is 8.26. The molecule has 1 amide bonds. The highest BCUT2D eigenvalue weighted by molar-refractivity contribution is 5.86. The van der Waals surface area contributed by atoms with Crippen LogP contribution >= 0.6 is 0 Å². The molecule has 1 N–H and O–H groups in total. The number of amides is 1. The second kappa shape index (κ2) is 11.0. The Morgan fingerprint density at radius 2 is 1.46 bits per heavy atom. The molecule has 1 heterocycles. The average Bonchev–Trinajstić information content (AvgIpc) is 3.50. The van der Waals surface area contributed by atoms with Gasteiger partial charge in [-0.2, -0.15) is 0 Å². The first-order valence-electron chi connectivity index (χ1n) is 13.8. The molecule has 0 bridgehead atoms. The number of para-hydroxylation sites is 1. The minimum Gasteiger partial charge on any atom is -0.480 e. The number of aromatic nitrogens is 1. The molecule has 0 radical (unpaired) electrons. The summed E-state index contributed by atoms with van der Waals surface area (Å²) in [6.07, 6.45) is 1.53. The van der Waals surface area contributed by atoms with Crippen LogP contribution in [0.1, 0.15) is 33.7 Å². The molecule has 0 unspecified atom stereocenters. The standard InChI is InChI=1S/C35H32N2O4/c1-23-11-3-4-12-24(23)20-37-21-25(26-13-9-10-18-32(26)37)19-33(34(38)39)36(2)35(40)41-22-31-29-16-7-5-14-27(29)28-15-6-8-17-30(28)31/h3-18,21,31,33H,19-20,22H2,1-2H3,(H,38,39)/t33-/m0/s1.